The number of hydrogen-bond acceptors (Lipinski definition) is 5. The molecule has 3 N–H and O–H groups in total. The molecular formula is C25H25N5O. The second-order valence-electron chi connectivity index (χ2n) is 8.07. The van der Waals surface area contributed by atoms with E-state index in [0.29, 0.717) is 18.1 Å². The lowest BCUT2D eigenvalue weighted by Crippen LogP contribution is -2.29. The standard InChI is InChI=1S/C25H25N5O/c26-24(31)23-22-21(28-25(29-23)19-9-5-2-6-10-19)20(15-27-22)18-11-13-30(14-12-18)16-17-7-3-1-4-8-17/h1-11,20,27H,12-16H2,(H2,26,31). The predicted molar refractivity (Wildman–Crippen MR) is 122 cm³/mol. The third-order valence-corrected chi connectivity index (χ3v) is 6.04. The van der Waals surface area contributed by atoms with Crippen molar-refractivity contribution in [2.45, 2.75) is 18.9 Å². The van der Waals surface area contributed by atoms with Crippen molar-refractivity contribution in [2.24, 2.45) is 5.73 Å². The first-order valence-corrected chi connectivity index (χ1v) is 10.7. The molecule has 31 heavy (non-hydrogen) atoms. The summed E-state index contributed by atoms with van der Waals surface area (Å²) >= 11 is 0. The van der Waals surface area contributed by atoms with Gasteiger partial charge in [-0.15, -0.1) is 0 Å². The highest BCUT2D eigenvalue weighted by molar-refractivity contribution is 5.98. The van der Waals surface area contributed by atoms with Gasteiger partial charge in [0.25, 0.3) is 5.91 Å². The molecule has 0 fully saturated rings. The minimum Gasteiger partial charge on any atom is -0.381 e. The average molecular weight is 412 g/mol. The molecule has 6 heteroatoms. The van der Waals surface area contributed by atoms with E-state index in [0.717, 1.165) is 37.3 Å². The van der Waals surface area contributed by atoms with Gasteiger partial charge in [0.2, 0.25) is 0 Å². The highest BCUT2D eigenvalue weighted by Crippen LogP contribution is 2.39. The van der Waals surface area contributed by atoms with Crippen molar-refractivity contribution in [2.75, 3.05) is 25.0 Å². The van der Waals surface area contributed by atoms with Crippen LogP contribution in [-0.4, -0.2) is 40.4 Å². The number of hydrogen-bond donors (Lipinski definition) is 2. The maximum atomic E-state index is 12.1. The average Bonchev–Trinajstić information content (AvgIpc) is 3.24. The lowest BCUT2D eigenvalue weighted by Gasteiger charge is -2.28. The zero-order chi connectivity index (χ0) is 21.2. The van der Waals surface area contributed by atoms with Gasteiger partial charge in [-0.1, -0.05) is 72.3 Å². The van der Waals surface area contributed by atoms with E-state index in [-0.39, 0.29) is 11.6 Å². The van der Waals surface area contributed by atoms with Crippen LogP contribution in [0.2, 0.25) is 0 Å². The molecule has 3 heterocycles. The monoisotopic (exact) mass is 411 g/mol. The van der Waals surface area contributed by atoms with Crippen molar-refractivity contribution in [1.82, 2.24) is 14.9 Å². The molecule has 0 aliphatic carbocycles. The summed E-state index contributed by atoms with van der Waals surface area (Å²) in [6, 6.07) is 20.3. The third kappa shape index (κ3) is 3.94. The van der Waals surface area contributed by atoms with Crippen molar-refractivity contribution in [3.63, 3.8) is 0 Å². The fourth-order valence-electron chi connectivity index (χ4n) is 4.44. The number of nitrogens with one attached hydrogen (secondary N) is 1. The van der Waals surface area contributed by atoms with E-state index in [4.69, 9.17) is 10.7 Å². The number of aromatic nitrogens is 2. The Balaban J connectivity index is 1.42. The molecule has 6 nitrogen and oxygen atoms in total. The molecule has 156 valence electrons. The van der Waals surface area contributed by atoms with Crippen molar-refractivity contribution >= 4 is 11.6 Å². The smallest absolute Gasteiger partial charge is 0.269 e. The normalized spacial score (nSPS) is 18.2. The van der Waals surface area contributed by atoms with Crippen LogP contribution in [0, 0.1) is 0 Å². The molecule has 2 aliphatic heterocycles. The van der Waals surface area contributed by atoms with Crippen molar-refractivity contribution < 1.29 is 4.79 Å². The van der Waals surface area contributed by atoms with Gasteiger partial charge in [-0.25, -0.2) is 9.97 Å². The van der Waals surface area contributed by atoms with Crippen LogP contribution in [0.25, 0.3) is 11.4 Å². The Bertz CT molecular complexity index is 1130. The number of carbonyl (C=O) groups is 1. The van der Waals surface area contributed by atoms with Gasteiger partial charge in [0, 0.05) is 37.7 Å². The van der Waals surface area contributed by atoms with E-state index in [1.54, 1.807) is 0 Å². The van der Waals surface area contributed by atoms with Crippen LogP contribution in [0.1, 0.15) is 34.1 Å². The number of anilines is 1. The molecule has 1 aromatic heterocycles. The summed E-state index contributed by atoms with van der Waals surface area (Å²) < 4.78 is 0. The van der Waals surface area contributed by atoms with E-state index in [1.165, 1.54) is 11.1 Å². The summed E-state index contributed by atoms with van der Waals surface area (Å²) in [6.45, 7) is 3.59. The Hall–Kier alpha value is -3.51. The number of benzene rings is 2. The van der Waals surface area contributed by atoms with Gasteiger partial charge in [0.05, 0.1) is 11.4 Å². The zero-order valence-corrected chi connectivity index (χ0v) is 17.3. The summed E-state index contributed by atoms with van der Waals surface area (Å²) in [5.74, 6) is 0.150. The minimum absolute atomic E-state index is 0.137. The Morgan fingerprint density at radius 3 is 2.48 bits per heavy atom. The molecule has 2 aromatic carbocycles. The van der Waals surface area contributed by atoms with E-state index in [9.17, 15) is 4.79 Å². The lowest BCUT2D eigenvalue weighted by atomic mass is 9.91. The molecule has 0 saturated carbocycles. The number of fused-ring (bicyclic) bond motifs is 1. The van der Waals surface area contributed by atoms with Crippen molar-refractivity contribution in [3.8, 4) is 11.4 Å². The first kappa shape index (κ1) is 19.5. The van der Waals surface area contributed by atoms with Gasteiger partial charge >= 0.3 is 0 Å². The third-order valence-electron chi connectivity index (χ3n) is 6.04. The maximum Gasteiger partial charge on any atom is 0.269 e. The number of nitrogens with zero attached hydrogens (tertiary/aromatic N) is 3. The van der Waals surface area contributed by atoms with E-state index < -0.39 is 5.91 Å². The lowest BCUT2D eigenvalue weighted by molar-refractivity contribution is 0.0996. The molecule has 0 bridgehead atoms. The zero-order valence-electron chi connectivity index (χ0n) is 17.3. The molecule has 0 saturated heterocycles. The Morgan fingerprint density at radius 1 is 1.06 bits per heavy atom. The second-order valence-corrected chi connectivity index (χ2v) is 8.07. The number of amides is 1. The van der Waals surface area contributed by atoms with Crippen LogP contribution >= 0.6 is 0 Å². The van der Waals surface area contributed by atoms with Crippen LogP contribution < -0.4 is 11.1 Å². The second kappa shape index (κ2) is 8.32. The van der Waals surface area contributed by atoms with E-state index in [2.05, 4.69) is 45.5 Å². The molecule has 3 aromatic rings. The van der Waals surface area contributed by atoms with Crippen LogP contribution in [0.3, 0.4) is 0 Å². The number of nitrogens with two attached hydrogens (primary N) is 1. The van der Waals surface area contributed by atoms with Gasteiger partial charge in [0.15, 0.2) is 11.5 Å². The minimum atomic E-state index is -0.532. The van der Waals surface area contributed by atoms with Crippen molar-refractivity contribution in [1.29, 1.82) is 0 Å². The summed E-state index contributed by atoms with van der Waals surface area (Å²) in [4.78, 5) is 23.9. The van der Waals surface area contributed by atoms with Gasteiger partial charge < -0.3 is 11.1 Å². The van der Waals surface area contributed by atoms with Crippen molar-refractivity contribution in [3.05, 3.63) is 89.3 Å². The Labute approximate surface area is 181 Å². The highest BCUT2D eigenvalue weighted by Gasteiger charge is 2.33. The molecule has 1 amide bonds. The Kier molecular flexibility index (Phi) is 5.22. The largest absolute Gasteiger partial charge is 0.381 e. The summed E-state index contributed by atoms with van der Waals surface area (Å²) in [6.07, 6.45) is 3.30. The predicted octanol–water partition coefficient (Wildman–Crippen LogP) is 3.58. The Morgan fingerprint density at radius 2 is 1.81 bits per heavy atom. The molecule has 1 atom stereocenters. The number of rotatable bonds is 5. The molecule has 5 rings (SSSR count). The molecule has 2 aliphatic rings. The van der Waals surface area contributed by atoms with E-state index in [1.807, 2.05) is 36.4 Å². The summed E-state index contributed by atoms with van der Waals surface area (Å²) in [5, 5.41) is 3.35. The maximum absolute atomic E-state index is 12.1. The van der Waals surface area contributed by atoms with Gasteiger partial charge in [-0.05, 0) is 12.0 Å². The van der Waals surface area contributed by atoms with Gasteiger partial charge in [-0.2, -0.15) is 0 Å². The van der Waals surface area contributed by atoms with Crippen LogP contribution in [0.15, 0.2) is 72.3 Å². The summed E-state index contributed by atoms with van der Waals surface area (Å²) in [7, 11) is 0. The topological polar surface area (TPSA) is 84.1 Å². The number of primary amides is 1. The van der Waals surface area contributed by atoms with Crippen LogP contribution in [0.4, 0.5) is 5.69 Å². The first-order valence-electron chi connectivity index (χ1n) is 10.7. The van der Waals surface area contributed by atoms with Crippen LogP contribution in [-0.2, 0) is 6.54 Å². The van der Waals surface area contributed by atoms with Gasteiger partial charge in [-0.3, -0.25) is 9.69 Å². The molecular weight excluding hydrogens is 386 g/mol. The number of carbonyl (C=O) groups excluding carboxylic acids is 1. The SMILES string of the molecule is NC(=O)c1nc(-c2ccccc2)nc2c1NCC2C1=CCN(Cc2ccccc2)CC1. The fourth-order valence-corrected chi connectivity index (χ4v) is 4.44. The molecule has 0 radical (unpaired) electrons. The van der Waals surface area contributed by atoms with Crippen LogP contribution in [0.5, 0.6) is 0 Å². The van der Waals surface area contributed by atoms with E-state index >= 15 is 0 Å². The molecule has 0 spiro atoms. The first-order chi connectivity index (χ1) is 15.2. The quantitative estimate of drug-likeness (QED) is 0.627. The summed E-state index contributed by atoms with van der Waals surface area (Å²) in [5.41, 5.74) is 11.1. The van der Waals surface area contributed by atoms with Gasteiger partial charge in [0.1, 0.15) is 0 Å². The highest BCUT2D eigenvalue weighted by atomic mass is 16.1. The fraction of sp³-hybridized carbons (Fsp3) is 0.240. The molecule has 1 unspecified atom stereocenters.